The summed E-state index contributed by atoms with van der Waals surface area (Å²) < 4.78 is 49.7. The Morgan fingerprint density at radius 1 is 1.27 bits per heavy atom. The number of ether oxygens (including phenoxy) is 1. The van der Waals surface area contributed by atoms with E-state index < -0.39 is 29.4 Å². The number of alkyl halides is 1. The van der Waals surface area contributed by atoms with Crippen LogP contribution in [0.25, 0.3) is 17.0 Å². The molecule has 0 bridgehead atoms. The SMILES string of the molecule is COc1cc2ncc(-c3nc(N[C@H]4CNC[C@@H]4F)c(F)cc3F)n2cc1C(C)(C)O. The summed E-state index contributed by atoms with van der Waals surface area (Å²) in [5.74, 6) is -1.62. The third-order valence-corrected chi connectivity index (χ3v) is 5.12. The second-order valence-electron chi connectivity index (χ2n) is 7.76. The molecule has 0 saturated carbocycles. The van der Waals surface area contributed by atoms with Crippen LogP contribution in [0.3, 0.4) is 0 Å². The van der Waals surface area contributed by atoms with Crippen molar-refractivity contribution in [1.82, 2.24) is 19.7 Å². The first-order valence-electron chi connectivity index (χ1n) is 9.44. The number of nitrogens with zero attached hydrogens (tertiary/aromatic N) is 3. The van der Waals surface area contributed by atoms with Gasteiger partial charge in [0.15, 0.2) is 17.5 Å². The lowest BCUT2D eigenvalue weighted by Gasteiger charge is -2.21. The van der Waals surface area contributed by atoms with Crippen LogP contribution in [-0.2, 0) is 5.60 Å². The van der Waals surface area contributed by atoms with E-state index >= 15 is 0 Å². The summed E-state index contributed by atoms with van der Waals surface area (Å²) >= 11 is 0. The fourth-order valence-corrected chi connectivity index (χ4v) is 3.52. The van der Waals surface area contributed by atoms with Crippen molar-refractivity contribution in [1.29, 1.82) is 0 Å². The molecule has 0 amide bonds. The van der Waals surface area contributed by atoms with Crippen LogP contribution in [0.1, 0.15) is 19.4 Å². The van der Waals surface area contributed by atoms with Crippen molar-refractivity contribution >= 4 is 11.5 Å². The number of fused-ring (bicyclic) bond motifs is 1. The molecule has 0 radical (unpaired) electrons. The number of hydrogen-bond acceptors (Lipinski definition) is 6. The molecule has 3 aromatic heterocycles. The van der Waals surface area contributed by atoms with Gasteiger partial charge in [0.25, 0.3) is 0 Å². The van der Waals surface area contributed by atoms with Crippen LogP contribution in [-0.4, -0.2) is 51.9 Å². The Morgan fingerprint density at radius 2 is 2.03 bits per heavy atom. The second kappa shape index (κ2) is 7.44. The van der Waals surface area contributed by atoms with E-state index in [1.54, 1.807) is 26.1 Å². The first-order valence-corrected chi connectivity index (χ1v) is 9.44. The average molecular weight is 421 g/mol. The van der Waals surface area contributed by atoms with Crippen molar-refractivity contribution in [2.75, 3.05) is 25.5 Å². The van der Waals surface area contributed by atoms with Crippen LogP contribution in [0.5, 0.6) is 5.75 Å². The van der Waals surface area contributed by atoms with Gasteiger partial charge in [0.1, 0.15) is 23.3 Å². The van der Waals surface area contributed by atoms with Crippen molar-refractivity contribution in [3.05, 3.63) is 41.7 Å². The smallest absolute Gasteiger partial charge is 0.168 e. The molecule has 0 spiro atoms. The van der Waals surface area contributed by atoms with Crippen LogP contribution in [0.2, 0.25) is 0 Å². The minimum atomic E-state index is -1.24. The highest BCUT2D eigenvalue weighted by molar-refractivity contribution is 5.65. The quantitative estimate of drug-likeness (QED) is 0.588. The van der Waals surface area contributed by atoms with Gasteiger partial charge in [0.05, 0.1) is 30.6 Å². The summed E-state index contributed by atoms with van der Waals surface area (Å²) in [6, 6.07) is 1.65. The van der Waals surface area contributed by atoms with Gasteiger partial charge in [0.2, 0.25) is 0 Å². The topological polar surface area (TPSA) is 83.7 Å². The number of rotatable bonds is 5. The Labute approximate surface area is 170 Å². The summed E-state index contributed by atoms with van der Waals surface area (Å²) in [5, 5.41) is 16.0. The molecule has 1 saturated heterocycles. The Balaban J connectivity index is 1.82. The molecule has 1 aliphatic rings. The van der Waals surface area contributed by atoms with Gasteiger partial charge in [-0.1, -0.05) is 0 Å². The number of pyridine rings is 2. The molecule has 30 heavy (non-hydrogen) atoms. The molecule has 4 heterocycles. The van der Waals surface area contributed by atoms with Gasteiger partial charge in [-0.3, -0.25) is 4.40 Å². The molecule has 10 heteroatoms. The number of anilines is 1. The molecule has 2 atom stereocenters. The van der Waals surface area contributed by atoms with Gasteiger partial charge < -0.3 is 20.5 Å². The number of aromatic nitrogens is 3. The van der Waals surface area contributed by atoms with Crippen molar-refractivity contribution in [3.8, 4) is 17.1 Å². The molecule has 1 fully saturated rings. The monoisotopic (exact) mass is 421 g/mol. The lowest BCUT2D eigenvalue weighted by Crippen LogP contribution is -2.30. The minimum Gasteiger partial charge on any atom is -0.496 e. The van der Waals surface area contributed by atoms with E-state index in [-0.39, 0.29) is 23.8 Å². The highest BCUT2D eigenvalue weighted by Crippen LogP contribution is 2.33. The summed E-state index contributed by atoms with van der Waals surface area (Å²) in [4.78, 5) is 8.33. The zero-order valence-electron chi connectivity index (χ0n) is 16.7. The lowest BCUT2D eigenvalue weighted by molar-refractivity contribution is 0.0752. The molecule has 0 aromatic carbocycles. The third kappa shape index (κ3) is 3.56. The zero-order valence-corrected chi connectivity index (χ0v) is 16.7. The van der Waals surface area contributed by atoms with Crippen molar-refractivity contribution in [2.45, 2.75) is 31.7 Å². The zero-order chi connectivity index (χ0) is 21.6. The molecular weight excluding hydrogens is 399 g/mol. The van der Waals surface area contributed by atoms with Crippen molar-refractivity contribution < 1.29 is 23.0 Å². The largest absolute Gasteiger partial charge is 0.496 e. The average Bonchev–Trinajstić information content (AvgIpc) is 3.28. The number of hydrogen-bond donors (Lipinski definition) is 3. The minimum absolute atomic E-state index is 0.153. The van der Waals surface area contributed by atoms with Gasteiger partial charge in [0, 0.05) is 37.0 Å². The van der Waals surface area contributed by atoms with Gasteiger partial charge in [-0.25, -0.2) is 23.1 Å². The van der Waals surface area contributed by atoms with Gasteiger partial charge in [-0.2, -0.15) is 0 Å². The maximum Gasteiger partial charge on any atom is 0.168 e. The summed E-state index contributed by atoms with van der Waals surface area (Å²) in [5.41, 5.74) is -0.262. The molecule has 3 aromatic rings. The molecule has 0 unspecified atom stereocenters. The van der Waals surface area contributed by atoms with Gasteiger partial charge in [-0.15, -0.1) is 0 Å². The molecule has 1 aliphatic heterocycles. The number of imidazole rings is 1. The number of nitrogens with one attached hydrogen (secondary N) is 2. The molecule has 3 N–H and O–H groups in total. The van der Waals surface area contributed by atoms with E-state index in [1.807, 2.05) is 0 Å². The van der Waals surface area contributed by atoms with E-state index in [4.69, 9.17) is 4.74 Å². The first kappa shape index (κ1) is 20.4. The summed E-state index contributed by atoms with van der Waals surface area (Å²) in [6.45, 7) is 3.64. The van der Waals surface area contributed by atoms with Gasteiger partial charge >= 0.3 is 0 Å². The van der Waals surface area contributed by atoms with Crippen LogP contribution in [0.4, 0.5) is 19.0 Å². The van der Waals surface area contributed by atoms with Crippen LogP contribution >= 0.6 is 0 Å². The summed E-state index contributed by atoms with van der Waals surface area (Å²) in [7, 11) is 1.47. The van der Waals surface area contributed by atoms with Crippen molar-refractivity contribution in [2.24, 2.45) is 0 Å². The molecule has 7 nitrogen and oxygen atoms in total. The maximum absolute atomic E-state index is 14.7. The van der Waals surface area contributed by atoms with Gasteiger partial charge in [-0.05, 0) is 13.8 Å². The third-order valence-electron chi connectivity index (χ3n) is 5.12. The highest BCUT2D eigenvalue weighted by atomic mass is 19.1. The maximum atomic E-state index is 14.7. The van der Waals surface area contributed by atoms with Crippen molar-refractivity contribution in [3.63, 3.8) is 0 Å². The second-order valence-corrected chi connectivity index (χ2v) is 7.76. The lowest BCUT2D eigenvalue weighted by atomic mass is 9.99. The molecule has 4 rings (SSSR count). The van der Waals surface area contributed by atoms with E-state index in [9.17, 15) is 18.3 Å². The fraction of sp³-hybridized carbons (Fsp3) is 0.400. The van der Waals surface area contributed by atoms with Crippen LogP contribution in [0, 0.1) is 11.6 Å². The van der Waals surface area contributed by atoms with E-state index in [0.29, 0.717) is 29.6 Å². The molecule has 0 aliphatic carbocycles. The number of methoxy groups -OCH3 is 1. The van der Waals surface area contributed by atoms with Crippen LogP contribution in [0.15, 0.2) is 24.5 Å². The number of aliphatic hydroxyl groups is 1. The predicted molar refractivity (Wildman–Crippen MR) is 105 cm³/mol. The van der Waals surface area contributed by atoms with E-state index in [0.717, 1.165) is 0 Å². The molecular formula is C20H22F3N5O2. The Kier molecular flexibility index (Phi) is 5.07. The van der Waals surface area contributed by atoms with E-state index in [2.05, 4.69) is 20.6 Å². The highest BCUT2D eigenvalue weighted by Gasteiger charge is 2.29. The van der Waals surface area contributed by atoms with Crippen LogP contribution < -0.4 is 15.4 Å². The summed E-state index contributed by atoms with van der Waals surface area (Å²) in [6.07, 6.45) is 1.76. The Bertz CT molecular complexity index is 1100. The predicted octanol–water partition coefficient (Wildman–Crippen LogP) is 2.63. The van der Waals surface area contributed by atoms with E-state index in [1.165, 1.54) is 17.7 Å². The normalized spacial score (nSPS) is 19.4. The molecule has 160 valence electrons. The first-order chi connectivity index (χ1) is 14.2. The fourth-order valence-electron chi connectivity index (χ4n) is 3.52. The Morgan fingerprint density at radius 3 is 2.67 bits per heavy atom. The standard InChI is InChI=1S/C20H22F3N5O2/c1-20(2,29)10-9-28-15(8-25-17(28)5-16(10)30-3)18-11(21)4-12(22)19(27-18)26-14-7-24-6-13(14)23/h4-5,8-9,13-14,24,29H,6-7H2,1-3H3,(H,26,27)/t13-,14-/m0/s1. The Hall–Kier alpha value is -2.85. The number of halogens is 3.